The molecule has 1 nitrogen and oxygen atoms in total. The number of para-hydroxylation sites is 1. The van der Waals surface area contributed by atoms with Crippen LogP contribution in [0.2, 0.25) is 0 Å². The van der Waals surface area contributed by atoms with Crippen molar-refractivity contribution in [2.75, 3.05) is 0 Å². The molecule has 0 fully saturated rings. The van der Waals surface area contributed by atoms with Crippen molar-refractivity contribution in [3.05, 3.63) is 89.5 Å². The maximum absolute atomic E-state index is 14.0. The summed E-state index contributed by atoms with van der Waals surface area (Å²) in [7, 11) is 0. The Bertz CT molecular complexity index is 1020. The summed E-state index contributed by atoms with van der Waals surface area (Å²) in [5.74, 6) is 0. The van der Waals surface area contributed by atoms with Gasteiger partial charge in [0.15, 0.2) is 0 Å². The van der Waals surface area contributed by atoms with E-state index in [1.807, 2.05) is 18.2 Å². The summed E-state index contributed by atoms with van der Waals surface area (Å²) in [6.07, 6.45) is -10.5. The molecule has 0 amide bonds. The van der Waals surface area contributed by atoms with Crippen LogP contribution in [0.25, 0.3) is 11.1 Å². The summed E-state index contributed by atoms with van der Waals surface area (Å²) in [6, 6.07) is 17.3. The molecule has 4 rings (SSSR count). The molecule has 0 unspecified atom stereocenters. The maximum atomic E-state index is 14.0. The van der Waals surface area contributed by atoms with E-state index < -0.39 is 29.3 Å². The molecule has 0 N–H and O–H groups in total. The van der Waals surface area contributed by atoms with E-state index in [1.54, 1.807) is 12.1 Å². The highest BCUT2D eigenvalue weighted by molar-refractivity contribution is 5.77. The highest BCUT2D eigenvalue weighted by Crippen LogP contribution is 2.49. The van der Waals surface area contributed by atoms with Crippen LogP contribution in [0.15, 0.2) is 72.8 Å². The molecule has 1 aliphatic rings. The summed E-state index contributed by atoms with van der Waals surface area (Å²) in [5.41, 5.74) is 2.55. The Labute approximate surface area is 163 Å². The molecule has 0 radical (unpaired) electrons. The number of hydrogen-bond donors (Lipinski definition) is 0. The van der Waals surface area contributed by atoms with Gasteiger partial charge in [0.2, 0.25) is 0 Å². The fourth-order valence-electron chi connectivity index (χ4n) is 3.93. The van der Waals surface area contributed by atoms with Crippen LogP contribution in [0.4, 0.5) is 32.0 Å². The van der Waals surface area contributed by atoms with Crippen LogP contribution in [0.3, 0.4) is 0 Å². The number of alkyl halides is 6. The van der Waals surface area contributed by atoms with Gasteiger partial charge in [0.25, 0.3) is 0 Å². The molecule has 150 valence electrons. The van der Waals surface area contributed by atoms with Crippen molar-refractivity contribution in [2.45, 2.75) is 25.6 Å². The summed E-state index contributed by atoms with van der Waals surface area (Å²) in [5, 5.41) is 0. The molecule has 0 saturated carbocycles. The lowest BCUT2D eigenvalue weighted by atomic mass is 10.0. The minimum absolute atomic E-state index is 0.0287. The summed E-state index contributed by atoms with van der Waals surface area (Å²) < 4.78 is 81.0. The third kappa shape index (κ3) is 3.09. The van der Waals surface area contributed by atoms with E-state index in [2.05, 4.69) is 0 Å². The van der Waals surface area contributed by atoms with E-state index in [4.69, 9.17) is 0 Å². The first-order chi connectivity index (χ1) is 13.6. The Morgan fingerprint density at radius 1 is 0.655 bits per heavy atom. The molecular formula is C22H16F6N+. The normalized spacial score (nSPS) is 13.9. The standard InChI is InChI=1S/C22H16F6N/c23-21(24,25)29(22(26,27)28,18-7-2-1-3-8-18)14-15-10-11-17-13-16-6-4-5-9-19(16)20(17)12-15/h1-12H,13-14H2/q+1. The first-order valence-corrected chi connectivity index (χ1v) is 8.91. The average molecular weight is 408 g/mol. The van der Waals surface area contributed by atoms with Gasteiger partial charge in [-0.25, -0.2) is 0 Å². The van der Waals surface area contributed by atoms with Gasteiger partial charge in [0, 0.05) is 5.56 Å². The Balaban J connectivity index is 1.86. The van der Waals surface area contributed by atoms with Crippen LogP contribution in [0.1, 0.15) is 16.7 Å². The lowest BCUT2D eigenvalue weighted by molar-refractivity contribution is -0.367. The molecule has 3 aromatic carbocycles. The monoisotopic (exact) mass is 408 g/mol. The smallest absolute Gasteiger partial charge is 0.115 e. The highest BCUT2D eigenvalue weighted by Gasteiger charge is 2.72. The first-order valence-electron chi connectivity index (χ1n) is 8.91. The van der Waals surface area contributed by atoms with Crippen molar-refractivity contribution in [3.8, 4) is 11.1 Å². The Hall–Kier alpha value is -2.80. The molecule has 7 heteroatoms. The second-order valence-electron chi connectivity index (χ2n) is 7.06. The van der Waals surface area contributed by atoms with E-state index in [0.717, 1.165) is 28.8 Å². The Kier molecular flexibility index (Phi) is 4.46. The molecule has 1 aliphatic carbocycles. The third-order valence-electron chi connectivity index (χ3n) is 5.35. The van der Waals surface area contributed by atoms with Crippen molar-refractivity contribution in [3.63, 3.8) is 0 Å². The molecule has 0 heterocycles. The van der Waals surface area contributed by atoms with Gasteiger partial charge in [-0.05, 0) is 46.9 Å². The molecule has 29 heavy (non-hydrogen) atoms. The number of benzene rings is 3. The lowest BCUT2D eigenvalue weighted by Gasteiger charge is -2.38. The topological polar surface area (TPSA) is 0 Å². The zero-order valence-electron chi connectivity index (χ0n) is 15.1. The number of fused-ring (bicyclic) bond motifs is 3. The predicted octanol–water partition coefficient (Wildman–Crippen LogP) is 6.80. The minimum Gasteiger partial charge on any atom is -0.115 e. The molecule has 3 aromatic rings. The number of hydrogen-bond acceptors (Lipinski definition) is 0. The van der Waals surface area contributed by atoms with Crippen LogP contribution in [0, 0.1) is 0 Å². The maximum Gasteiger partial charge on any atom is 0.573 e. The van der Waals surface area contributed by atoms with E-state index in [9.17, 15) is 26.3 Å². The van der Waals surface area contributed by atoms with Gasteiger partial charge in [-0.1, -0.05) is 54.6 Å². The summed E-state index contributed by atoms with van der Waals surface area (Å²) in [4.78, 5) is 0. The molecule has 0 saturated heterocycles. The SMILES string of the molecule is FC(F)(F)[N+](Cc1ccc2c(c1)-c1ccccc1C2)(c1ccccc1)C(F)(F)F. The van der Waals surface area contributed by atoms with Crippen LogP contribution in [-0.4, -0.2) is 12.6 Å². The second-order valence-corrected chi connectivity index (χ2v) is 7.06. The summed E-state index contributed by atoms with van der Waals surface area (Å²) >= 11 is 0. The van der Waals surface area contributed by atoms with Crippen molar-refractivity contribution in [2.24, 2.45) is 0 Å². The van der Waals surface area contributed by atoms with Crippen molar-refractivity contribution in [1.29, 1.82) is 0 Å². The van der Waals surface area contributed by atoms with Crippen LogP contribution < -0.4 is 4.48 Å². The quantitative estimate of drug-likeness (QED) is 0.199. The van der Waals surface area contributed by atoms with Crippen molar-refractivity contribution < 1.29 is 26.3 Å². The fraction of sp³-hybridized carbons (Fsp3) is 0.182. The van der Waals surface area contributed by atoms with Gasteiger partial charge in [-0.15, -0.1) is 30.8 Å². The fourth-order valence-corrected chi connectivity index (χ4v) is 3.93. The number of nitrogens with zero attached hydrogens (tertiary/aromatic N) is 1. The van der Waals surface area contributed by atoms with Gasteiger partial charge in [0.05, 0.1) is 0 Å². The van der Waals surface area contributed by atoms with Gasteiger partial charge in [-0.3, -0.25) is 0 Å². The molecule has 0 aromatic heterocycles. The second kappa shape index (κ2) is 6.62. The largest absolute Gasteiger partial charge is 0.573 e. The molecule has 0 bridgehead atoms. The van der Waals surface area contributed by atoms with E-state index >= 15 is 0 Å². The molecule has 0 spiro atoms. The number of halogens is 6. The first kappa shape index (κ1) is 19.5. The summed E-state index contributed by atoms with van der Waals surface area (Å²) in [6.45, 7) is -1.27. The third-order valence-corrected chi connectivity index (χ3v) is 5.35. The van der Waals surface area contributed by atoms with E-state index in [0.29, 0.717) is 12.0 Å². The van der Waals surface area contributed by atoms with E-state index in [1.165, 1.54) is 30.3 Å². The van der Waals surface area contributed by atoms with Gasteiger partial charge in [-0.2, -0.15) is 0 Å². The zero-order chi connectivity index (χ0) is 20.9. The minimum atomic E-state index is -5.57. The number of quaternary nitrogens is 1. The van der Waals surface area contributed by atoms with Crippen LogP contribution in [-0.2, 0) is 13.0 Å². The van der Waals surface area contributed by atoms with Crippen molar-refractivity contribution in [1.82, 2.24) is 4.48 Å². The predicted molar refractivity (Wildman–Crippen MR) is 98.7 cm³/mol. The highest BCUT2D eigenvalue weighted by atomic mass is 19.4. The molecular weight excluding hydrogens is 392 g/mol. The van der Waals surface area contributed by atoms with Gasteiger partial charge >= 0.3 is 12.6 Å². The zero-order valence-corrected chi connectivity index (χ0v) is 15.1. The Morgan fingerprint density at radius 2 is 1.24 bits per heavy atom. The Morgan fingerprint density at radius 3 is 1.90 bits per heavy atom. The van der Waals surface area contributed by atoms with Crippen LogP contribution >= 0.6 is 0 Å². The van der Waals surface area contributed by atoms with E-state index in [-0.39, 0.29) is 5.56 Å². The molecule has 0 atom stereocenters. The van der Waals surface area contributed by atoms with Crippen LogP contribution in [0.5, 0.6) is 0 Å². The lowest BCUT2D eigenvalue weighted by Crippen LogP contribution is -2.67. The van der Waals surface area contributed by atoms with Gasteiger partial charge < -0.3 is 0 Å². The average Bonchev–Trinajstić information content (AvgIpc) is 3.03. The van der Waals surface area contributed by atoms with Crippen molar-refractivity contribution >= 4 is 5.69 Å². The van der Waals surface area contributed by atoms with Gasteiger partial charge in [0.1, 0.15) is 12.2 Å². The molecule has 0 aliphatic heterocycles. The number of rotatable bonds is 3.